The largest absolute Gasteiger partial charge is 0.490 e. The Bertz CT molecular complexity index is 566. The lowest BCUT2D eigenvalue weighted by Crippen LogP contribution is -2.11. The van der Waals surface area contributed by atoms with Gasteiger partial charge in [0.2, 0.25) is 0 Å². The third-order valence-electron chi connectivity index (χ3n) is 3.27. The molecule has 2 rings (SSSR count). The number of hydrogen-bond donors (Lipinski definition) is 1. The third kappa shape index (κ3) is 4.17. The van der Waals surface area contributed by atoms with Gasteiger partial charge < -0.3 is 19.3 Å². The summed E-state index contributed by atoms with van der Waals surface area (Å²) in [6, 6.07) is 11.9. The molecule has 0 aliphatic rings. The predicted molar refractivity (Wildman–Crippen MR) is 82.8 cm³/mol. The maximum absolute atomic E-state index is 9.91. The maximum atomic E-state index is 9.91. The molecule has 2 aromatic rings. The topological polar surface area (TPSA) is 47.9 Å². The molecule has 0 amide bonds. The predicted octanol–water partition coefficient (Wildman–Crippen LogP) is 2.93. The second-order valence-corrected chi connectivity index (χ2v) is 4.83. The SMILES string of the molecule is COCCOCCOc1c([C@H](C)O)ccc2ccccc12. The summed E-state index contributed by atoms with van der Waals surface area (Å²) in [6.45, 7) is 3.81. The molecule has 0 spiro atoms. The van der Waals surface area contributed by atoms with Crippen LogP contribution in [-0.4, -0.2) is 38.6 Å². The van der Waals surface area contributed by atoms with Crippen LogP contribution in [0.2, 0.25) is 0 Å². The molecule has 4 nitrogen and oxygen atoms in total. The Balaban J connectivity index is 2.10. The molecule has 0 bridgehead atoms. The molecule has 1 N–H and O–H groups in total. The highest BCUT2D eigenvalue weighted by molar-refractivity contribution is 5.89. The summed E-state index contributed by atoms with van der Waals surface area (Å²) < 4.78 is 16.2. The highest BCUT2D eigenvalue weighted by Gasteiger charge is 2.12. The molecule has 0 fully saturated rings. The zero-order chi connectivity index (χ0) is 15.1. The van der Waals surface area contributed by atoms with Crippen LogP contribution in [0.3, 0.4) is 0 Å². The van der Waals surface area contributed by atoms with Gasteiger partial charge in [0.05, 0.1) is 25.9 Å². The number of rotatable bonds is 8. The van der Waals surface area contributed by atoms with Crippen LogP contribution >= 0.6 is 0 Å². The highest BCUT2D eigenvalue weighted by Crippen LogP contribution is 2.33. The first-order valence-corrected chi connectivity index (χ1v) is 7.13. The number of fused-ring (bicyclic) bond motifs is 1. The number of methoxy groups -OCH3 is 1. The molecular formula is C17H22O4. The van der Waals surface area contributed by atoms with Gasteiger partial charge in [0.25, 0.3) is 0 Å². The molecule has 0 heterocycles. The van der Waals surface area contributed by atoms with Gasteiger partial charge in [-0.05, 0) is 12.3 Å². The van der Waals surface area contributed by atoms with E-state index in [4.69, 9.17) is 14.2 Å². The van der Waals surface area contributed by atoms with E-state index in [-0.39, 0.29) is 0 Å². The van der Waals surface area contributed by atoms with Gasteiger partial charge in [-0.1, -0.05) is 36.4 Å². The van der Waals surface area contributed by atoms with Crippen LogP contribution in [0.25, 0.3) is 10.8 Å². The molecule has 4 heteroatoms. The fourth-order valence-electron chi connectivity index (χ4n) is 2.20. The van der Waals surface area contributed by atoms with Crippen molar-refractivity contribution in [3.63, 3.8) is 0 Å². The summed E-state index contributed by atoms with van der Waals surface area (Å²) in [6.07, 6.45) is -0.570. The first-order chi connectivity index (χ1) is 10.2. The van der Waals surface area contributed by atoms with Gasteiger partial charge in [-0.2, -0.15) is 0 Å². The second-order valence-electron chi connectivity index (χ2n) is 4.83. The van der Waals surface area contributed by atoms with E-state index in [2.05, 4.69) is 0 Å². The Morgan fingerprint density at radius 2 is 1.76 bits per heavy atom. The molecule has 114 valence electrons. The zero-order valence-electron chi connectivity index (χ0n) is 12.5. The van der Waals surface area contributed by atoms with Gasteiger partial charge in [0, 0.05) is 18.1 Å². The van der Waals surface area contributed by atoms with E-state index < -0.39 is 6.10 Å². The van der Waals surface area contributed by atoms with Gasteiger partial charge in [0.15, 0.2) is 0 Å². The van der Waals surface area contributed by atoms with Crippen molar-refractivity contribution in [1.82, 2.24) is 0 Å². The van der Waals surface area contributed by atoms with E-state index in [0.717, 1.165) is 22.1 Å². The average molecular weight is 290 g/mol. The van der Waals surface area contributed by atoms with Crippen molar-refractivity contribution >= 4 is 10.8 Å². The fourth-order valence-corrected chi connectivity index (χ4v) is 2.20. The molecule has 2 aromatic carbocycles. The molecule has 0 unspecified atom stereocenters. The molecule has 0 saturated heterocycles. The van der Waals surface area contributed by atoms with Gasteiger partial charge in [-0.3, -0.25) is 0 Å². The third-order valence-corrected chi connectivity index (χ3v) is 3.27. The van der Waals surface area contributed by atoms with Crippen molar-refractivity contribution in [1.29, 1.82) is 0 Å². The maximum Gasteiger partial charge on any atom is 0.133 e. The van der Waals surface area contributed by atoms with E-state index in [9.17, 15) is 5.11 Å². The number of ether oxygens (including phenoxy) is 3. The van der Waals surface area contributed by atoms with Crippen molar-refractivity contribution in [3.8, 4) is 5.75 Å². The first-order valence-electron chi connectivity index (χ1n) is 7.13. The van der Waals surface area contributed by atoms with Crippen molar-refractivity contribution < 1.29 is 19.3 Å². The molecule has 0 aliphatic carbocycles. The van der Waals surface area contributed by atoms with Crippen LogP contribution in [-0.2, 0) is 9.47 Å². The molecule has 0 aliphatic heterocycles. The standard InChI is InChI=1S/C17H22O4/c1-13(18)15-8-7-14-5-3-4-6-16(14)17(15)21-12-11-20-10-9-19-2/h3-8,13,18H,9-12H2,1-2H3/t13-/m0/s1. The van der Waals surface area contributed by atoms with Crippen LogP contribution < -0.4 is 4.74 Å². The fraction of sp³-hybridized carbons (Fsp3) is 0.412. The van der Waals surface area contributed by atoms with Crippen LogP contribution in [0.15, 0.2) is 36.4 Å². The van der Waals surface area contributed by atoms with Crippen molar-refractivity contribution in [2.45, 2.75) is 13.0 Å². The monoisotopic (exact) mass is 290 g/mol. The lowest BCUT2D eigenvalue weighted by molar-refractivity contribution is 0.0540. The Morgan fingerprint density at radius 1 is 1.00 bits per heavy atom. The number of benzene rings is 2. The molecule has 1 atom stereocenters. The van der Waals surface area contributed by atoms with E-state index >= 15 is 0 Å². The van der Waals surface area contributed by atoms with Crippen molar-refractivity contribution in [2.24, 2.45) is 0 Å². The van der Waals surface area contributed by atoms with E-state index in [1.165, 1.54) is 0 Å². The molecule has 0 radical (unpaired) electrons. The smallest absolute Gasteiger partial charge is 0.133 e. The van der Waals surface area contributed by atoms with Gasteiger partial charge in [0.1, 0.15) is 12.4 Å². The Kier molecular flexibility index (Phi) is 5.99. The molecular weight excluding hydrogens is 268 g/mol. The van der Waals surface area contributed by atoms with E-state index in [1.54, 1.807) is 14.0 Å². The van der Waals surface area contributed by atoms with Gasteiger partial charge in [-0.15, -0.1) is 0 Å². The summed E-state index contributed by atoms with van der Waals surface area (Å²) in [5.74, 6) is 0.735. The lowest BCUT2D eigenvalue weighted by atomic mass is 10.0. The summed E-state index contributed by atoms with van der Waals surface area (Å²) in [5.41, 5.74) is 0.797. The van der Waals surface area contributed by atoms with Crippen molar-refractivity contribution in [3.05, 3.63) is 42.0 Å². The highest BCUT2D eigenvalue weighted by atomic mass is 16.5. The minimum absolute atomic E-state index is 0.442. The Hall–Kier alpha value is -1.62. The molecule has 0 saturated carbocycles. The Morgan fingerprint density at radius 3 is 2.52 bits per heavy atom. The summed E-state index contributed by atoms with van der Waals surface area (Å²) in [4.78, 5) is 0. The summed E-state index contributed by atoms with van der Waals surface area (Å²) in [5, 5.41) is 12.0. The van der Waals surface area contributed by atoms with Crippen LogP contribution in [0.4, 0.5) is 0 Å². The molecule has 21 heavy (non-hydrogen) atoms. The van der Waals surface area contributed by atoms with Gasteiger partial charge >= 0.3 is 0 Å². The van der Waals surface area contributed by atoms with Crippen LogP contribution in [0.1, 0.15) is 18.6 Å². The van der Waals surface area contributed by atoms with Gasteiger partial charge in [-0.25, -0.2) is 0 Å². The minimum Gasteiger partial charge on any atom is -0.490 e. The zero-order valence-corrected chi connectivity index (χ0v) is 12.5. The lowest BCUT2D eigenvalue weighted by Gasteiger charge is -2.16. The van der Waals surface area contributed by atoms with Crippen LogP contribution in [0.5, 0.6) is 5.75 Å². The first kappa shape index (κ1) is 15.8. The summed E-state index contributed by atoms with van der Waals surface area (Å²) >= 11 is 0. The number of aliphatic hydroxyl groups excluding tert-OH is 1. The average Bonchev–Trinajstić information content (AvgIpc) is 2.50. The number of aliphatic hydroxyl groups is 1. The normalized spacial score (nSPS) is 12.5. The quantitative estimate of drug-likeness (QED) is 0.759. The molecule has 0 aromatic heterocycles. The van der Waals surface area contributed by atoms with Crippen molar-refractivity contribution in [2.75, 3.05) is 33.5 Å². The Labute approximate surface area is 125 Å². The van der Waals surface area contributed by atoms with E-state index in [1.807, 2.05) is 36.4 Å². The summed E-state index contributed by atoms with van der Waals surface area (Å²) in [7, 11) is 1.64. The van der Waals surface area contributed by atoms with Crippen LogP contribution in [0, 0.1) is 0 Å². The van der Waals surface area contributed by atoms with E-state index in [0.29, 0.717) is 26.4 Å². The second kappa shape index (κ2) is 7.98. The minimum atomic E-state index is -0.570. The number of hydrogen-bond acceptors (Lipinski definition) is 4.